The van der Waals surface area contributed by atoms with Crippen LogP contribution in [0.4, 0.5) is 17.6 Å². The zero-order valence-electron chi connectivity index (χ0n) is 16.4. The van der Waals surface area contributed by atoms with Gasteiger partial charge in [-0.25, -0.2) is 9.07 Å². The molecule has 0 saturated carbocycles. The quantitative estimate of drug-likeness (QED) is 0.592. The van der Waals surface area contributed by atoms with E-state index >= 15 is 0 Å². The molecule has 0 unspecified atom stereocenters. The van der Waals surface area contributed by atoms with Gasteiger partial charge in [0.2, 0.25) is 0 Å². The van der Waals surface area contributed by atoms with Gasteiger partial charge >= 0.3 is 6.18 Å². The predicted molar refractivity (Wildman–Crippen MR) is 104 cm³/mol. The molecule has 3 aromatic rings. The second kappa shape index (κ2) is 8.46. The average Bonchev–Trinajstić information content (AvgIpc) is 3.20. The number of alkyl halides is 3. The van der Waals surface area contributed by atoms with E-state index in [1.54, 1.807) is 0 Å². The van der Waals surface area contributed by atoms with Crippen molar-refractivity contribution in [3.05, 3.63) is 77.4 Å². The van der Waals surface area contributed by atoms with E-state index in [0.29, 0.717) is 24.3 Å². The predicted octanol–water partition coefficient (Wildman–Crippen LogP) is 3.38. The second-order valence-electron chi connectivity index (χ2n) is 7.23. The SMILES string of the molecule is O=C(c1nnn(-c2cccc(F)c2)c1C(F)(F)F)N1CCN(Cc2ccccc2)CC1. The molecule has 0 bridgehead atoms. The van der Waals surface area contributed by atoms with Crippen molar-refractivity contribution in [2.75, 3.05) is 26.2 Å². The normalized spacial score (nSPS) is 15.3. The molecular formula is C21H19F4N5O. The number of carbonyl (C=O) groups is 1. The Hall–Kier alpha value is -3.27. The van der Waals surface area contributed by atoms with Crippen molar-refractivity contribution in [2.45, 2.75) is 12.7 Å². The van der Waals surface area contributed by atoms with Crippen molar-refractivity contribution < 1.29 is 22.4 Å². The highest BCUT2D eigenvalue weighted by atomic mass is 19.4. The van der Waals surface area contributed by atoms with Gasteiger partial charge in [-0.3, -0.25) is 9.69 Å². The topological polar surface area (TPSA) is 54.3 Å². The molecule has 0 spiro atoms. The Morgan fingerprint density at radius 1 is 0.968 bits per heavy atom. The van der Waals surface area contributed by atoms with Gasteiger partial charge in [0.15, 0.2) is 11.4 Å². The van der Waals surface area contributed by atoms with Crippen molar-refractivity contribution in [3.8, 4) is 5.69 Å². The van der Waals surface area contributed by atoms with Crippen LogP contribution in [0.2, 0.25) is 0 Å². The third-order valence-corrected chi connectivity index (χ3v) is 5.10. The lowest BCUT2D eigenvalue weighted by atomic mass is 10.2. The molecule has 1 fully saturated rings. The highest BCUT2D eigenvalue weighted by molar-refractivity contribution is 5.93. The third kappa shape index (κ3) is 4.58. The Labute approximate surface area is 175 Å². The third-order valence-electron chi connectivity index (χ3n) is 5.10. The fourth-order valence-electron chi connectivity index (χ4n) is 3.57. The van der Waals surface area contributed by atoms with Crippen LogP contribution >= 0.6 is 0 Å². The van der Waals surface area contributed by atoms with Gasteiger partial charge in [0, 0.05) is 32.7 Å². The lowest BCUT2D eigenvalue weighted by Gasteiger charge is -2.34. The van der Waals surface area contributed by atoms with E-state index in [-0.39, 0.29) is 18.8 Å². The molecular weight excluding hydrogens is 414 g/mol. The van der Waals surface area contributed by atoms with Gasteiger partial charge in [-0.15, -0.1) is 5.10 Å². The number of rotatable bonds is 4. The van der Waals surface area contributed by atoms with E-state index in [1.165, 1.54) is 17.0 Å². The first kappa shape index (κ1) is 21.0. The molecule has 6 nitrogen and oxygen atoms in total. The van der Waals surface area contributed by atoms with Crippen LogP contribution in [0.1, 0.15) is 21.7 Å². The van der Waals surface area contributed by atoms with Crippen molar-refractivity contribution in [3.63, 3.8) is 0 Å². The number of nitrogens with zero attached hydrogens (tertiary/aromatic N) is 5. The molecule has 0 radical (unpaired) electrons. The van der Waals surface area contributed by atoms with Crippen LogP contribution in [0.25, 0.3) is 5.69 Å². The number of aromatic nitrogens is 3. The van der Waals surface area contributed by atoms with Crippen molar-refractivity contribution in [2.24, 2.45) is 0 Å². The molecule has 0 atom stereocenters. The number of amides is 1. The van der Waals surface area contributed by atoms with Crippen LogP contribution in [0, 0.1) is 5.82 Å². The maximum atomic E-state index is 13.8. The summed E-state index contributed by atoms with van der Waals surface area (Å²) in [5.74, 6) is -1.56. The van der Waals surface area contributed by atoms with E-state index in [9.17, 15) is 22.4 Å². The van der Waals surface area contributed by atoms with Crippen LogP contribution in [0.15, 0.2) is 54.6 Å². The smallest absolute Gasteiger partial charge is 0.335 e. The summed E-state index contributed by atoms with van der Waals surface area (Å²) < 4.78 is 55.3. The summed E-state index contributed by atoms with van der Waals surface area (Å²) >= 11 is 0. The molecule has 1 aliphatic heterocycles. The van der Waals surface area contributed by atoms with Crippen molar-refractivity contribution >= 4 is 5.91 Å². The minimum absolute atomic E-state index is 0.161. The van der Waals surface area contributed by atoms with Crippen LogP contribution in [0.5, 0.6) is 0 Å². The van der Waals surface area contributed by atoms with Gasteiger partial charge in [0.05, 0.1) is 5.69 Å². The number of piperazine rings is 1. The molecule has 1 aromatic heterocycles. The molecule has 4 rings (SSSR count). The Balaban J connectivity index is 1.53. The molecule has 1 aliphatic rings. The first-order chi connectivity index (χ1) is 14.8. The van der Waals surface area contributed by atoms with Crippen LogP contribution < -0.4 is 0 Å². The van der Waals surface area contributed by atoms with Crippen LogP contribution in [0.3, 0.4) is 0 Å². The number of halogens is 4. The number of hydrogen-bond acceptors (Lipinski definition) is 4. The van der Waals surface area contributed by atoms with Crippen LogP contribution in [-0.2, 0) is 12.7 Å². The molecule has 10 heteroatoms. The van der Waals surface area contributed by atoms with Crippen molar-refractivity contribution in [1.82, 2.24) is 24.8 Å². The maximum absolute atomic E-state index is 13.8. The zero-order chi connectivity index (χ0) is 22.0. The molecule has 2 heterocycles. The van der Waals surface area contributed by atoms with Gasteiger partial charge in [0.25, 0.3) is 5.91 Å². The maximum Gasteiger partial charge on any atom is 0.435 e. The number of hydrogen-bond donors (Lipinski definition) is 0. The Morgan fingerprint density at radius 2 is 1.68 bits per heavy atom. The first-order valence-electron chi connectivity index (χ1n) is 9.67. The van der Waals surface area contributed by atoms with E-state index in [4.69, 9.17) is 0 Å². The van der Waals surface area contributed by atoms with Gasteiger partial charge < -0.3 is 4.90 Å². The summed E-state index contributed by atoms with van der Waals surface area (Å²) in [5.41, 5.74) is -1.13. The Morgan fingerprint density at radius 3 is 2.32 bits per heavy atom. The highest BCUT2D eigenvalue weighted by Gasteiger charge is 2.43. The lowest BCUT2D eigenvalue weighted by molar-refractivity contribution is -0.143. The van der Waals surface area contributed by atoms with Crippen LogP contribution in [-0.4, -0.2) is 56.9 Å². The lowest BCUT2D eigenvalue weighted by Crippen LogP contribution is -2.48. The Kier molecular flexibility index (Phi) is 5.73. The molecule has 2 aromatic carbocycles. The average molecular weight is 433 g/mol. The molecule has 162 valence electrons. The van der Waals surface area contributed by atoms with Gasteiger partial charge in [-0.1, -0.05) is 41.6 Å². The van der Waals surface area contributed by atoms with Crippen molar-refractivity contribution in [1.29, 1.82) is 0 Å². The fourth-order valence-corrected chi connectivity index (χ4v) is 3.57. The number of carbonyl (C=O) groups excluding carboxylic acids is 1. The second-order valence-corrected chi connectivity index (χ2v) is 7.23. The van der Waals surface area contributed by atoms with E-state index < -0.39 is 29.3 Å². The Bertz CT molecular complexity index is 1060. The summed E-state index contributed by atoms with van der Waals surface area (Å²) in [6.07, 6.45) is -4.89. The standard InChI is InChI=1S/C21H19F4N5O/c22-16-7-4-8-17(13-16)30-19(21(23,24)25)18(26-27-30)20(31)29-11-9-28(10-12-29)14-15-5-2-1-3-6-15/h1-8,13H,9-12,14H2. The number of benzene rings is 2. The largest absolute Gasteiger partial charge is 0.435 e. The molecule has 0 N–H and O–H groups in total. The summed E-state index contributed by atoms with van der Waals surface area (Å²) in [4.78, 5) is 16.3. The minimum Gasteiger partial charge on any atom is -0.335 e. The zero-order valence-corrected chi connectivity index (χ0v) is 16.4. The molecule has 1 amide bonds. The summed E-state index contributed by atoms with van der Waals surface area (Å²) in [6.45, 7) is 2.30. The monoisotopic (exact) mass is 433 g/mol. The molecule has 0 aliphatic carbocycles. The van der Waals surface area contributed by atoms with Gasteiger partial charge in [-0.2, -0.15) is 13.2 Å². The molecule has 1 saturated heterocycles. The highest BCUT2D eigenvalue weighted by Crippen LogP contribution is 2.33. The van der Waals surface area contributed by atoms with E-state index in [2.05, 4.69) is 15.2 Å². The van der Waals surface area contributed by atoms with E-state index in [1.807, 2.05) is 30.3 Å². The minimum atomic E-state index is -4.89. The summed E-state index contributed by atoms with van der Waals surface area (Å²) in [5, 5.41) is 7.02. The summed E-state index contributed by atoms with van der Waals surface area (Å²) in [6, 6.07) is 14.3. The van der Waals surface area contributed by atoms with E-state index in [0.717, 1.165) is 17.7 Å². The fraction of sp³-hybridized carbons (Fsp3) is 0.286. The van der Waals surface area contributed by atoms with Gasteiger partial charge in [-0.05, 0) is 23.8 Å². The van der Waals surface area contributed by atoms with Gasteiger partial charge in [0.1, 0.15) is 5.82 Å². The molecule has 31 heavy (non-hydrogen) atoms. The first-order valence-corrected chi connectivity index (χ1v) is 9.67. The summed E-state index contributed by atoms with van der Waals surface area (Å²) in [7, 11) is 0.